The van der Waals surface area contributed by atoms with Crippen molar-refractivity contribution in [3.8, 4) is 0 Å². The largest absolute Gasteiger partial charge is 0.398 e. The Hall–Kier alpha value is -1.55. The molecule has 0 aliphatic rings. The van der Waals surface area contributed by atoms with Gasteiger partial charge in [0.25, 0.3) is 0 Å². The van der Waals surface area contributed by atoms with Crippen LogP contribution in [0.4, 0.5) is 5.69 Å². The highest BCUT2D eigenvalue weighted by Gasteiger charge is 2.16. The van der Waals surface area contributed by atoms with E-state index in [1.807, 2.05) is 12.1 Å². The molecule has 0 fully saturated rings. The maximum atomic E-state index is 6.03. The zero-order valence-electron chi connectivity index (χ0n) is 11.1. The van der Waals surface area contributed by atoms with Crippen molar-refractivity contribution in [3.63, 3.8) is 0 Å². The van der Waals surface area contributed by atoms with Crippen LogP contribution in [-0.2, 0) is 0 Å². The van der Waals surface area contributed by atoms with E-state index in [1.54, 1.807) is 6.07 Å². The standard InChI is InChI=1S/C15H18ClN3/c1-9-5-10(2)7-11(6-9)15(19-18)13-4-3-12(16)8-14(13)17/h3-8,15,19H,17-18H2,1-2H3. The van der Waals surface area contributed by atoms with E-state index in [0.29, 0.717) is 10.7 Å². The third-order valence-electron chi connectivity index (χ3n) is 3.10. The van der Waals surface area contributed by atoms with Gasteiger partial charge >= 0.3 is 0 Å². The molecular formula is C15H18ClN3. The first-order valence-corrected chi connectivity index (χ1v) is 6.48. The van der Waals surface area contributed by atoms with E-state index in [-0.39, 0.29) is 6.04 Å². The second-order valence-electron chi connectivity index (χ2n) is 4.79. The summed E-state index contributed by atoms with van der Waals surface area (Å²) in [5.41, 5.74) is 13.9. The molecule has 5 N–H and O–H groups in total. The number of nitrogens with two attached hydrogens (primary N) is 2. The second-order valence-corrected chi connectivity index (χ2v) is 5.23. The molecule has 2 aromatic carbocycles. The number of aryl methyl sites for hydroxylation is 2. The average molecular weight is 276 g/mol. The molecule has 0 aliphatic heterocycles. The van der Waals surface area contributed by atoms with Crippen molar-refractivity contribution in [2.24, 2.45) is 5.84 Å². The minimum atomic E-state index is -0.143. The lowest BCUT2D eigenvalue weighted by atomic mass is 9.95. The van der Waals surface area contributed by atoms with Crippen LogP contribution in [0.3, 0.4) is 0 Å². The summed E-state index contributed by atoms with van der Waals surface area (Å²) in [6.07, 6.45) is 0. The molecule has 0 spiro atoms. The minimum Gasteiger partial charge on any atom is -0.398 e. The van der Waals surface area contributed by atoms with Gasteiger partial charge in [0.05, 0.1) is 6.04 Å². The summed E-state index contributed by atoms with van der Waals surface area (Å²) in [6, 6.07) is 11.7. The molecule has 2 rings (SSSR count). The minimum absolute atomic E-state index is 0.143. The Labute approximate surface area is 118 Å². The van der Waals surface area contributed by atoms with E-state index < -0.39 is 0 Å². The highest BCUT2D eigenvalue weighted by atomic mass is 35.5. The monoisotopic (exact) mass is 275 g/mol. The Morgan fingerprint density at radius 3 is 2.21 bits per heavy atom. The van der Waals surface area contributed by atoms with E-state index in [9.17, 15) is 0 Å². The van der Waals surface area contributed by atoms with Crippen LogP contribution in [-0.4, -0.2) is 0 Å². The van der Waals surface area contributed by atoms with Gasteiger partial charge in [-0.2, -0.15) is 0 Å². The van der Waals surface area contributed by atoms with Gasteiger partial charge in [-0.3, -0.25) is 5.84 Å². The summed E-state index contributed by atoms with van der Waals surface area (Å²) in [5, 5.41) is 0.623. The van der Waals surface area contributed by atoms with Gasteiger partial charge in [-0.1, -0.05) is 47.0 Å². The van der Waals surface area contributed by atoms with E-state index in [2.05, 4.69) is 37.5 Å². The molecule has 0 amide bonds. The van der Waals surface area contributed by atoms with Gasteiger partial charge in [0.15, 0.2) is 0 Å². The quantitative estimate of drug-likeness (QED) is 0.458. The fraction of sp³-hybridized carbons (Fsp3) is 0.200. The molecular weight excluding hydrogens is 258 g/mol. The van der Waals surface area contributed by atoms with Crippen LogP contribution in [0, 0.1) is 13.8 Å². The molecule has 0 saturated carbocycles. The maximum Gasteiger partial charge on any atom is 0.0730 e. The Bertz CT molecular complexity index is 576. The number of hydrazine groups is 1. The van der Waals surface area contributed by atoms with E-state index >= 15 is 0 Å². The van der Waals surface area contributed by atoms with Crippen molar-refractivity contribution in [3.05, 3.63) is 63.7 Å². The molecule has 0 saturated heterocycles. The number of halogens is 1. The lowest BCUT2D eigenvalue weighted by molar-refractivity contribution is 0.637. The van der Waals surface area contributed by atoms with E-state index in [4.69, 9.17) is 23.2 Å². The lowest BCUT2D eigenvalue weighted by Gasteiger charge is -2.20. The Morgan fingerprint density at radius 1 is 1.05 bits per heavy atom. The van der Waals surface area contributed by atoms with Crippen LogP contribution >= 0.6 is 11.6 Å². The molecule has 2 aromatic rings. The summed E-state index contributed by atoms with van der Waals surface area (Å²) in [5.74, 6) is 5.71. The Kier molecular flexibility index (Phi) is 4.10. The van der Waals surface area contributed by atoms with Gasteiger partial charge in [0, 0.05) is 10.7 Å². The predicted molar refractivity (Wildman–Crippen MR) is 80.9 cm³/mol. The van der Waals surface area contributed by atoms with Crippen LogP contribution < -0.4 is 17.0 Å². The molecule has 0 bridgehead atoms. The van der Waals surface area contributed by atoms with Crippen LogP contribution in [0.15, 0.2) is 36.4 Å². The van der Waals surface area contributed by atoms with Gasteiger partial charge < -0.3 is 5.73 Å². The summed E-state index contributed by atoms with van der Waals surface area (Å²) in [7, 11) is 0. The number of anilines is 1. The first-order chi connectivity index (χ1) is 9.01. The molecule has 100 valence electrons. The summed E-state index contributed by atoms with van der Waals surface area (Å²) >= 11 is 5.93. The number of hydrogen-bond acceptors (Lipinski definition) is 3. The van der Waals surface area contributed by atoms with Crippen molar-refractivity contribution < 1.29 is 0 Å². The van der Waals surface area contributed by atoms with Crippen LogP contribution in [0.5, 0.6) is 0 Å². The van der Waals surface area contributed by atoms with Crippen LogP contribution in [0.25, 0.3) is 0 Å². The third kappa shape index (κ3) is 3.07. The SMILES string of the molecule is Cc1cc(C)cc(C(NN)c2ccc(Cl)cc2N)c1. The number of benzene rings is 2. The molecule has 0 radical (unpaired) electrons. The summed E-state index contributed by atoms with van der Waals surface area (Å²) in [4.78, 5) is 0. The van der Waals surface area contributed by atoms with Crippen LogP contribution in [0.1, 0.15) is 28.3 Å². The van der Waals surface area contributed by atoms with E-state index in [0.717, 1.165) is 11.1 Å². The first kappa shape index (κ1) is 13.9. The fourth-order valence-electron chi connectivity index (χ4n) is 2.35. The molecule has 1 unspecified atom stereocenters. The molecule has 19 heavy (non-hydrogen) atoms. The predicted octanol–water partition coefficient (Wildman–Crippen LogP) is 3.09. The van der Waals surface area contributed by atoms with Gasteiger partial charge in [-0.25, -0.2) is 5.43 Å². The van der Waals surface area contributed by atoms with Crippen molar-refractivity contribution in [2.75, 3.05) is 5.73 Å². The molecule has 0 aromatic heterocycles. The third-order valence-corrected chi connectivity index (χ3v) is 3.34. The molecule has 0 heterocycles. The molecule has 0 aliphatic carbocycles. The van der Waals surface area contributed by atoms with Gasteiger partial charge in [-0.05, 0) is 37.1 Å². The van der Waals surface area contributed by atoms with Crippen LogP contribution in [0.2, 0.25) is 5.02 Å². The van der Waals surface area contributed by atoms with Crippen molar-refractivity contribution >= 4 is 17.3 Å². The zero-order chi connectivity index (χ0) is 14.0. The molecule has 4 heteroatoms. The maximum absolute atomic E-state index is 6.03. The highest BCUT2D eigenvalue weighted by Crippen LogP contribution is 2.29. The summed E-state index contributed by atoms with van der Waals surface area (Å²) < 4.78 is 0. The Morgan fingerprint density at radius 2 is 1.68 bits per heavy atom. The summed E-state index contributed by atoms with van der Waals surface area (Å²) in [6.45, 7) is 4.13. The van der Waals surface area contributed by atoms with E-state index in [1.165, 1.54) is 11.1 Å². The fourth-order valence-corrected chi connectivity index (χ4v) is 2.53. The topological polar surface area (TPSA) is 64.1 Å². The van der Waals surface area contributed by atoms with Gasteiger partial charge in [0.2, 0.25) is 0 Å². The normalized spacial score (nSPS) is 12.4. The number of rotatable bonds is 3. The molecule has 3 nitrogen and oxygen atoms in total. The Balaban J connectivity index is 2.49. The highest BCUT2D eigenvalue weighted by molar-refractivity contribution is 6.30. The van der Waals surface area contributed by atoms with Crippen molar-refractivity contribution in [1.82, 2.24) is 5.43 Å². The number of nitrogen functional groups attached to an aromatic ring is 1. The van der Waals surface area contributed by atoms with Crippen molar-refractivity contribution in [1.29, 1.82) is 0 Å². The van der Waals surface area contributed by atoms with Crippen molar-refractivity contribution in [2.45, 2.75) is 19.9 Å². The second kappa shape index (κ2) is 5.61. The zero-order valence-corrected chi connectivity index (χ0v) is 11.8. The smallest absolute Gasteiger partial charge is 0.0730 e. The molecule has 1 atom stereocenters. The number of hydrogen-bond donors (Lipinski definition) is 3. The average Bonchev–Trinajstić information content (AvgIpc) is 2.31. The number of nitrogens with one attached hydrogen (secondary N) is 1. The van der Waals surface area contributed by atoms with Gasteiger partial charge in [-0.15, -0.1) is 0 Å². The lowest BCUT2D eigenvalue weighted by Crippen LogP contribution is -2.29. The first-order valence-electron chi connectivity index (χ1n) is 6.10. The van der Waals surface area contributed by atoms with Gasteiger partial charge in [0.1, 0.15) is 0 Å².